The van der Waals surface area contributed by atoms with Crippen molar-refractivity contribution in [3.63, 3.8) is 0 Å². The molecule has 0 aromatic carbocycles. The molecular weight excluding hydrogens is 220 g/mol. The first-order chi connectivity index (χ1) is 6.53. The molecule has 3 aliphatic rings. The van der Waals surface area contributed by atoms with E-state index in [1.54, 1.807) is 0 Å². The highest BCUT2D eigenvalue weighted by atomic mass is 35.5. The van der Waals surface area contributed by atoms with Crippen molar-refractivity contribution < 1.29 is 8.42 Å². The Morgan fingerprint density at radius 3 is 2.36 bits per heavy atom. The van der Waals surface area contributed by atoms with Crippen molar-refractivity contribution in [1.82, 2.24) is 0 Å². The van der Waals surface area contributed by atoms with Gasteiger partial charge < -0.3 is 0 Å². The zero-order valence-corrected chi connectivity index (χ0v) is 9.70. The van der Waals surface area contributed by atoms with Crippen molar-refractivity contribution in [2.24, 2.45) is 10.8 Å². The van der Waals surface area contributed by atoms with Crippen LogP contribution in [-0.4, -0.2) is 18.9 Å². The van der Waals surface area contributed by atoms with Crippen LogP contribution >= 0.6 is 11.6 Å². The third-order valence-electron chi connectivity index (χ3n) is 4.86. The molecular formula is C10H15ClO2S. The summed E-state index contributed by atoms with van der Waals surface area (Å²) in [5.41, 5.74) is 0.0716. The fourth-order valence-corrected chi connectivity index (χ4v) is 7.33. The van der Waals surface area contributed by atoms with Crippen LogP contribution in [0, 0.1) is 10.8 Å². The predicted octanol–water partition coefficient (Wildman–Crippen LogP) is 2.32. The lowest BCUT2D eigenvalue weighted by Gasteiger charge is -2.58. The van der Waals surface area contributed by atoms with E-state index in [-0.39, 0.29) is 10.8 Å². The first kappa shape index (κ1) is 9.46. The SMILES string of the molecule is O=S1(=O)C[C@@]23CCCC[C@@]2(CC3)[C@H]1Cl. The minimum Gasteiger partial charge on any atom is -0.227 e. The summed E-state index contributed by atoms with van der Waals surface area (Å²) >= 11 is 6.17. The lowest BCUT2D eigenvalue weighted by molar-refractivity contribution is -0.0769. The van der Waals surface area contributed by atoms with Gasteiger partial charge in [-0.25, -0.2) is 8.42 Å². The van der Waals surface area contributed by atoms with Crippen LogP contribution in [0.15, 0.2) is 0 Å². The summed E-state index contributed by atoms with van der Waals surface area (Å²) in [7, 11) is -3.00. The van der Waals surface area contributed by atoms with E-state index in [1.807, 2.05) is 0 Å². The first-order valence-electron chi connectivity index (χ1n) is 5.38. The molecule has 0 aromatic rings. The first-order valence-corrected chi connectivity index (χ1v) is 7.53. The van der Waals surface area contributed by atoms with E-state index in [9.17, 15) is 8.42 Å². The molecule has 0 N–H and O–H groups in total. The van der Waals surface area contributed by atoms with Crippen molar-refractivity contribution in [2.45, 2.75) is 43.2 Å². The molecule has 2 saturated carbocycles. The Morgan fingerprint density at radius 1 is 1.07 bits per heavy atom. The monoisotopic (exact) mass is 234 g/mol. The normalized spacial score (nSPS) is 54.5. The Hall–Kier alpha value is 0.240. The molecule has 1 aliphatic heterocycles. The Labute approximate surface area is 89.9 Å². The third-order valence-corrected chi connectivity index (χ3v) is 8.13. The number of sulfone groups is 1. The summed E-state index contributed by atoms with van der Waals surface area (Å²) in [6, 6.07) is 0. The van der Waals surface area contributed by atoms with Crippen LogP contribution in [0.25, 0.3) is 0 Å². The molecule has 1 saturated heterocycles. The third kappa shape index (κ3) is 0.827. The molecule has 0 spiro atoms. The van der Waals surface area contributed by atoms with Crippen LogP contribution in [0.2, 0.25) is 0 Å². The quantitative estimate of drug-likeness (QED) is 0.603. The summed E-state index contributed by atoms with van der Waals surface area (Å²) in [6.07, 6.45) is 6.63. The molecule has 0 bridgehead atoms. The Balaban J connectivity index is 2.12. The molecule has 80 valence electrons. The maximum absolute atomic E-state index is 11.8. The molecule has 0 amide bonds. The van der Waals surface area contributed by atoms with Crippen LogP contribution < -0.4 is 0 Å². The van der Waals surface area contributed by atoms with Crippen molar-refractivity contribution >= 4 is 21.4 Å². The molecule has 4 heteroatoms. The molecule has 2 aliphatic carbocycles. The van der Waals surface area contributed by atoms with Crippen molar-refractivity contribution in [3.8, 4) is 0 Å². The number of rotatable bonds is 0. The average Bonchev–Trinajstić information content (AvgIpc) is 2.23. The molecule has 3 rings (SSSR count). The number of hydrogen-bond acceptors (Lipinski definition) is 2. The van der Waals surface area contributed by atoms with E-state index in [4.69, 9.17) is 11.6 Å². The summed E-state index contributed by atoms with van der Waals surface area (Å²) in [5.74, 6) is 0.369. The molecule has 0 radical (unpaired) electrons. The van der Waals surface area contributed by atoms with Gasteiger partial charge in [0.15, 0.2) is 9.84 Å². The van der Waals surface area contributed by atoms with Crippen LogP contribution in [0.3, 0.4) is 0 Å². The molecule has 3 fully saturated rings. The lowest BCUT2D eigenvalue weighted by atomic mass is 9.45. The van der Waals surface area contributed by atoms with Gasteiger partial charge in [-0.3, -0.25) is 0 Å². The minimum absolute atomic E-state index is 0.0222. The second-order valence-corrected chi connectivity index (χ2v) is 8.05. The molecule has 1 heterocycles. The van der Waals surface area contributed by atoms with Gasteiger partial charge in [-0.2, -0.15) is 0 Å². The van der Waals surface area contributed by atoms with Crippen LogP contribution in [0.4, 0.5) is 0 Å². The molecule has 14 heavy (non-hydrogen) atoms. The van der Waals surface area contributed by atoms with E-state index < -0.39 is 14.5 Å². The molecule has 2 nitrogen and oxygen atoms in total. The lowest BCUT2D eigenvalue weighted by Crippen LogP contribution is -2.54. The van der Waals surface area contributed by atoms with Crippen molar-refractivity contribution in [1.29, 1.82) is 0 Å². The van der Waals surface area contributed by atoms with Gasteiger partial charge in [0, 0.05) is 5.41 Å². The number of alkyl halides is 1. The van der Waals surface area contributed by atoms with Gasteiger partial charge in [-0.05, 0) is 31.1 Å². The van der Waals surface area contributed by atoms with E-state index in [2.05, 4.69) is 0 Å². The van der Waals surface area contributed by atoms with Gasteiger partial charge in [0.25, 0.3) is 0 Å². The largest absolute Gasteiger partial charge is 0.227 e. The van der Waals surface area contributed by atoms with E-state index in [0.29, 0.717) is 5.75 Å². The zero-order chi connectivity index (χ0) is 10.0. The summed E-state index contributed by atoms with van der Waals surface area (Å²) in [4.78, 5) is 0. The Kier molecular flexibility index (Phi) is 1.68. The maximum Gasteiger partial charge on any atom is 0.168 e. The topological polar surface area (TPSA) is 34.1 Å². The fraction of sp³-hybridized carbons (Fsp3) is 1.00. The van der Waals surface area contributed by atoms with Gasteiger partial charge in [-0.1, -0.05) is 12.8 Å². The smallest absolute Gasteiger partial charge is 0.168 e. The Morgan fingerprint density at radius 2 is 1.79 bits per heavy atom. The van der Waals surface area contributed by atoms with Gasteiger partial charge in [0.05, 0.1) is 5.75 Å². The highest BCUT2D eigenvalue weighted by Gasteiger charge is 2.71. The molecule has 3 atom stereocenters. The average molecular weight is 235 g/mol. The minimum atomic E-state index is -3.00. The summed E-state index contributed by atoms with van der Waals surface area (Å²) < 4.78 is 23.1. The highest BCUT2D eigenvalue weighted by molar-refractivity contribution is 7.93. The Bertz CT molecular complexity index is 378. The second kappa shape index (κ2) is 2.49. The van der Waals surface area contributed by atoms with E-state index in [0.717, 1.165) is 25.7 Å². The van der Waals surface area contributed by atoms with Gasteiger partial charge in [0.2, 0.25) is 0 Å². The molecule has 0 aromatic heterocycles. The fourth-order valence-electron chi connectivity index (χ4n) is 4.03. The van der Waals surface area contributed by atoms with Gasteiger partial charge in [-0.15, -0.1) is 11.6 Å². The molecule has 0 unspecified atom stereocenters. The van der Waals surface area contributed by atoms with Crippen molar-refractivity contribution in [2.75, 3.05) is 5.75 Å². The van der Waals surface area contributed by atoms with Gasteiger partial charge >= 0.3 is 0 Å². The number of hydrogen-bond donors (Lipinski definition) is 0. The summed E-state index contributed by atoms with van der Waals surface area (Å²) in [5, 5.41) is 0. The van der Waals surface area contributed by atoms with E-state index in [1.165, 1.54) is 12.8 Å². The van der Waals surface area contributed by atoms with Crippen LogP contribution in [-0.2, 0) is 9.84 Å². The maximum atomic E-state index is 11.8. The van der Waals surface area contributed by atoms with Crippen LogP contribution in [0.1, 0.15) is 38.5 Å². The van der Waals surface area contributed by atoms with Crippen molar-refractivity contribution in [3.05, 3.63) is 0 Å². The van der Waals surface area contributed by atoms with Gasteiger partial charge in [0.1, 0.15) is 4.71 Å². The zero-order valence-electron chi connectivity index (χ0n) is 8.13. The second-order valence-electron chi connectivity index (χ2n) is 5.27. The summed E-state index contributed by atoms with van der Waals surface area (Å²) in [6.45, 7) is 0. The van der Waals surface area contributed by atoms with E-state index >= 15 is 0 Å². The number of halogens is 1. The highest BCUT2D eigenvalue weighted by Crippen LogP contribution is 2.72. The predicted molar refractivity (Wildman–Crippen MR) is 56.0 cm³/mol. The van der Waals surface area contributed by atoms with Crippen LogP contribution in [0.5, 0.6) is 0 Å². The standard InChI is InChI=1S/C10H15ClO2S/c11-8-10-4-2-1-3-9(10,5-6-10)7-14(8,12)13/h8H,1-7H2/t8-,9-,10+/m0/s1.